The van der Waals surface area contributed by atoms with Gasteiger partial charge in [-0.2, -0.15) is 0 Å². The normalized spacial score (nSPS) is 16.0. The van der Waals surface area contributed by atoms with Gasteiger partial charge in [0.25, 0.3) is 11.6 Å². The number of hydrogen-bond acceptors (Lipinski definition) is 5. The van der Waals surface area contributed by atoms with E-state index in [1.54, 1.807) is 17.0 Å². The smallest absolute Gasteiger partial charge is 0.269 e. The number of rotatable bonds is 4. The Kier molecular flexibility index (Phi) is 5.45. The van der Waals surface area contributed by atoms with E-state index in [1.165, 1.54) is 23.9 Å². The van der Waals surface area contributed by atoms with Crippen molar-refractivity contribution in [1.29, 1.82) is 0 Å². The van der Waals surface area contributed by atoms with Gasteiger partial charge in [0.15, 0.2) is 0 Å². The molecular formula is C23H21N3O3S2. The van der Waals surface area contributed by atoms with Crippen LogP contribution in [-0.2, 0) is 11.3 Å². The predicted octanol–water partition coefficient (Wildman–Crippen LogP) is 5.60. The summed E-state index contributed by atoms with van der Waals surface area (Å²) in [7, 11) is 0. The van der Waals surface area contributed by atoms with Crippen LogP contribution >= 0.6 is 24.0 Å². The molecule has 31 heavy (non-hydrogen) atoms. The molecule has 1 aliphatic heterocycles. The van der Waals surface area contributed by atoms with Crippen molar-refractivity contribution >= 4 is 56.9 Å². The molecule has 1 aromatic heterocycles. The van der Waals surface area contributed by atoms with Crippen LogP contribution in [-0.4, -0.2) is 30.2 Å². The Morgan fingerprint density at radius 1 is 1.13 bits per heavy atom. The van der Waals surface area contributed by atoms with E-state index in [0.29, 0.717) is 15.8 Å². The zero-order valence-corrected chi connectivity index (χ0v) is 19.0. The van der Waals surface area contributed by atoms with Gasteiger partial charge < -0.3 is 4.57 Å². The van der Waals surface area contributed by atoms with Gasteiger partial charge in [0.2, 0.25) is 0 Å². The number of nitrogens with zero attached hydrogens (tertiary/aromatic N) is 3. The molecule has 0 radical (unpaired) electrons. The van der Waals surface area contributed by atoms with Gasteiger partial charge in [-0.15, -0.1) is 0 Å². The molecule has 158 valence electrons. The largest absolute Gasteiger partial charge is 0.342 e. The lowest BCUT2D eigenvalue weighted by Crippen LogP contribution is -2.44. The second-order valence-corrected chi connectivity index (χ2v) is 10.0. The number of carbonyl (C=O) groups is 1. The van der Waals surface area contributed by atoms with Crippen LogP contribution in [0.5, 0.6) is 0 Å². The molecule has 0 N–H and O–H groups in total. The average molecular weight is 452 g/mol. The van der Waals surface area contributed by atoms with E-state index >= 15 is 0 Å². The molecule has 0 aliphatic carbocycles. The fourth-order valence-corrected chi connectivity index (χ4v) is 5.25. The van der Waals surface area contributed by atoms with Crippen LogP contribution in [0, 0.1) is 10.1 Å². The first-order valence-electron chi connectivity index (χ1n) is 9.74. The molecule has 0 spiro atoms. The predicted molar refractivity (Wildman–Crippen MR) is 129 cm³/mol. The third-order valence-corrected chi connectivity index (χ3v) is 6.37. The lowest BCUT2D eigenvalue weighted by atomic mass is 10.1. The van der Waals surface area contributed by atoms with Crippen molar-refractivity contribution in [2.24, 2.45) is 0 Å². The highest BCUT2D eigenvalue weighted by Crippen LogP contribution is 2.38. The summed E-state index contributed by atoms with van der Waals surface area (Å²) in [4.78, 5) is 25.7. The second kappa shape index (κ2) is 7.94. The van der Waals surface area contributed by atoms with E-state index in [9.17, 15) is 14.9 Å². The van der Waals surface area contributed by atoms with Gasteiger partial charge in [-0.25, -0.2) is 0 Å². The summed E-state index contributed by atoms with van der Waals surface area (Å²) in [5.41, 5.74) is 2.62. The number of para-hydroxylation sites is 1. The topological polar surface area (TPSA) is 68.4 Å². The lowest BCUT2D eigenvalue weighted by Gasteiger charge is -2.30. The van der Waals surface area contributed by atoms with Gasteiger partial charge in [0, 0.05) is 46.9 Å². The fourth-order valence-electron chi connectivity index (χ4n) is 3.63. The van der Waals surface area contributed by atoms with Crippen LogP contribution in [0.2, 0.25) is 0 Å². The number of thioether (sulfide) groups is 1. The van der Waals surface area contributed by atoms with Crippen molar-refractivity contribution in [1.82, 2.24) is 9.47 Å². The first-order chi connectivity index (χ1) is 14.6. The molecule has 2 heterocycles. The minimum absolute atomic E-state index is 0.0719. The van der Waals surface area contributed by atoms with Crippen LogP contribution in [0.3, 0.4) is 0 Å². The van der Waals surface area contributed by atoms with Gasteiger partial charge in [-0.3, -0.25) is 19.8 Å². The molecule has 8 heteroatoms. The van der Waals surface area contributed by atoms with Crippen molar-refractivity contribution in [2.75, 3.05) is 0 Å². The summed E-state index contributed by atoms with van der Waals surface area (Å²) in [6.45, 7) is 6.47. The number of fused-ring (bicyclic) bond motifs is 1. The Morgan fingerprint density at radius 2 is 1.81 bits per heavy atom. The monoisotopic (exact) mass is 451 g/mol. The van der Waals surface area contributed by atoms with Crippen molar-refractivity contribution < 1.29 is 9.72 Å². The lowest BCUT2D eigenvalue weighted by molar-refractivity contribution is -0.384. The van der Waals surface area contributed by atoms with E-state index in [1.807, 2.05) is 57.3 Å². The van der Waals surface area contributed by atoms with E-state index in [4.69, 9.17) is 12.2 Å². The van der Waals surface area contributed by atoms with Gasteiger partial charge in [0.1, 0.15) is 4.32 Å². The first-order valence-corrected chi connectivity index (χ1v) is 11.0. The Hall–Kier alpha value is -2.97. The van der Waals surface area contributed by atoms with E-state index in [2.05, 4.69) is 4.57 Å². The van der Waals surface area contributed by atoms with E-state index in [-0.39, 0.29) is 17.1 Å². The first kappa shape index (κ1) is 21.3. The van der Waals surface area contributed by atoms with Gasteiger partial charge in [-0.1, -0.05) is 54.3 Å². The highest BCUT2D eigenvalue weighted by molar-refractivity contribution is 8.26. The highest BCUT2D eigenvalue weighted by atomic mass is 32.2. The summed E-state index contributed by atoms with van der Waals surface area (Å²) < 4.78 is 2.66. The maximum atomic E-state index is 13.0. The SMILES string of the molecule is CC(C)(C)N1C(=O)/C(=C\c2cn(Cc3ccc([N+](=O)[O-])cc3)c3ccccc23)SC1=S. The number of aromatic nitrogens is 1. The number of benzene rings is 2. The quantitative estimate of drug-likeness (QED) is 0.224. The summed E-state index contributed by atoms with van der Waals surface area (Å²) in [5, 5.41) is 11.9. The van der Waals surface area contributed by atoms with Crippen molar-refractivity contribution in [3.63, 3.8) is 0 Å². The van der Waals surface area contributed by atoms with Gasteiger partial charge in [-0.05, 0) is 38.5 Å². The minimum Gasteiger partial charge on any atom is -0.342 e. The molecule has 1 amide bonds. The highest BCUT2D eigenvalue weighted by Gasteiger charge is 2.39. The van der Waals surface area contributed by atoms with Crippen LogP contribution < -0.4 is 0 Å². The second-order valence-electron chi connectivity index (χ2n) is 8.34. The number of thiocarbonyl (C=S) groups is 1. The van der Waals surface area contributed by atoms with Crippen LogP contribution in [0.1, 0.15) is 31.9 Å². The number of carbonyl (C=O) groups excluding carboxylic acids is 1. The third kappa shape index (κ3) is 4.13. The number of nitro benzene ring substituents is 1. The Balaban J connectivity index is 1.71. The Labute approximate surface area is 189 Å². The number of amides is 1. The maximum absolute atomic E-state index is 13.0. The van der Waals surface area contributed by atoms with Crippen molar-refractivity contribution in [3.8, 4) is 0 Å². The van der Waals surface area contributed by atoms with Crippen LogP contribution in [0.15, 0.2) is 59.6 Å². The van der Waals surface area contributed by atoms with E-state index in [0.717, 1.165) is 22.0 Å². The molecule has 2 aromatic carbocycles. The summed E-state index contributed by atoms with van der Waals surface area (Å²) in [6.07, 6.45) is 3.91. The molecule has 0 atom stereocenters. The summed E-state index contributed by atoms with van der Waals surface area (Å²) in [5.74, 6) is -0.0744. The fraction of sp³-hybridized carbons (Fsp3) is 0.217. The van der Waals surface area contributed by atoms with Crippen LogP contribution in [0.4, 0.5) is 5.69 Å². The number of non-ortho nitro benzene ring substituents is 1. The van der Waals surface area contributed by atoms with Crippen LogP contribution in [0.25, 0.3) is 17.0 Å². The molecule has 1 fully saturated rings. The Bertz CT molecular complexity index is 1240. The van der Waals surface area contributed by atoms with E-state index < -0.39 is 4.92 Å². The summed E-state index contributed by atoms with van der Waals surface area (Å²) >= 11 is 6.78. The molecule has 1 saturated heterocycles. The molecule has 0 saturated carbocycles. The minimum atomic E-state index is -0.402. The molecule has 3 aromatic rings. The molecule has 4 rings (SSSR count). The third-order valence-electron chi connectivity index (χ3n) is 5.07. The number of hydrogen-bond donors (Lipinski definition) is 0. The number of nitro groups is 1. The molecular weight excluding hydrogens is 430 g/mol. The average Bonchev–Trinajstić information content (AvgIpc) is 3.19. The summed E-state index contributed by atoms with van der Waals surface area (Å²) in [6, 6.07) is 14.5. The standard InChI is InChI=1S/C23H21N3O3S2/c1-23(2,3)25-21(27)20(31-22(25)30)12-16-14-24(19-7-5-4-6-18(16)19)13-15-8-10-17(11-9-15)26(28)29/h4-12,14H,13H2,1-3H3/b20-12+. The molecule has 1 aliphatic rings. The Morgan fingerprint density at radius 3 is 2.42 bits per heavy atom. The zero-order chi connectivity index (χ0) is 22.3. The molecule has 6 nitrogen and oxygen atoms in total. The van der Waals surface area contributed by atoms with Crippen molar-refractivity contribution in [3.05, 3.63) is 80.9 Å². The zero-order valence-electron chi connectivity index (χ0n) is 17.4. The molecule has 0 bridgehead atoms. The van der Waals surface area contributed by atoms with Crippen molar-refractivity contribution in [2.45, 2.75) is 32.9 Å². The molecule has 0 unspecified atom stereocenters. The van der Waals surface area contributed by atoms with Gasteiger partial charge >= 0.3 is 0 Å². The van der Waals surface area contributed by atoms with Gasteiger partial charge in [0.05, 0.1) is 9.83 Å². The maximum Gasteiger partial charge on any atom is 0.269 e.